The molecule has 3 rings (SSSR count). The molecule has 1 heterocycles. The molecular weight excluding hydrogens is 324 g/mol. The molecule has 0 N–H and O–H groups in total. The number of carbonyl (C=O) groups is 1. The fourth-order valence-electron chi connectivity index (χ4n) is 3.16. The number of hydrogen-bond donors (Lipinski definition) is 0. The van der Waals surface area contributed by atoms with Gasteiger partial charge in [0.2, 0.25) is 0 Å². The predicted octanol–water partition coefficient (Wildman–Crippen LogP) is 3.38. The summed E-state index contributed by atoms with van der Waals surface area (Å²) in [5.74, 6) is -0.245. The molecule has 1 aliphatic rings. The maximum atomic E-state index is 12.4. The van der Waals surface area contributed by atoms with E-state index in [9.17, 15) is 4.79 Å². The Hall–Kier alpha value is -2.04. The van der Waals surface area contributed by atoms with Gasteiger partial charge in [-0.3, -0.25) is 4.90 Å². The topological polar surface area (TPSA) is 32.8 Å². The van der Waals surface area contributed by atoms with Crippen molar-refractivity contribution in [2.75, 3.05) is 38.2 Å². The molecule has 2 aromatic rings. The third kappa shape index (κ3) is 3.71. The number of methoxy groups -OCH3 is 1. The van der Waals surface area contributed by atoms with E-state index in [-0.39, 0.29) is 5.97 Å². The molecule has 4 nitrogen and oxygen atoms in total. The van der Waals surface area contributed by atoms with Crippen molar-refractivity contribution in [1.29, 1.82) is 0 Å². The fourth-order valence-corrected chi connectivity index (χ4v) is 3.36. The fraction of sp³-hybridized carbons (Fsp3) is 0.316. The highest BCUT2D eigenvalue weighted by Gasteiger charge is 2.31. The maximum Gasteiger partial charge on any atom is 0.327 e. The summed E-state index contributed by atoms with van der Waals surface area (Å²) in [6.45, 7) is 3.33. The van der Waals surface area contributed by atoms with Crippen LogP contribution < -0.4 is 4.90 Å². The number of rotatable bonds is 4. The van der Waals surface area contributed by atoms with Gasteiger partial charge in [-0.2, -0.15) is 0 Å². The van der Waals surface area contributed by atoms with Gasteiger partial charge in [0.1, 0.15) is 6.04 Å². The van der Waals surface area contributed by atoms with Crippen LogP contribution in [0.2, 0.25) is 5.02 Å². The average Bonchev–Trinajstić information content (AvgIpc) is 2.63. The van der Waals surface area contributed by atoms with Crippen LogP contribution in [0.25, 0.3) is 0 Å². The normalized spacial score (nSPS) is 16.7. The van der Waals surface area contributed by atoms with Crippen LogP contribution in [0.5, 0.6) is 0 Å². The van der Waals surface area contributed by atoms with Gasteiger partial charge < -0.3 is 9.64 Å². The van der Waals surface area contributed by atoms with E-state index in [0.29, 0.717) is 5.02 Å². The SMILES string of the molecule is COC(=O)[C@@H](c1cccc(Cl)c1)N1CCN(c2ccccc2)CC1. The molecule has 0 unspecified atom stereocenters. The molecule has 2 aromatic carbocycles. The van der Waals surface area contributed by atoms with Crippen molar-refractivity contribution in [2.45, 2.75) is 6.04 Å². The molecule has 24 heavy (non-hydrogen) atoms. The van der Waals surface area contributed by atoms with Crippen LogP contribution >= 0.6 is 11.6 Å². The van der Waals surface area contributed by atoms with Crippen LogP contribution in [0.4, 0.5) is 5.69 Å². The minimum absolute atomic E-state index is 0.245. The summed E-state index contributed by atoms with van der Waals surface area (Å²) in [7, 11) is 1.43. The number of ether oxygens (including phenoxy) is 1. The van der Waals surface area contributed by atoms with Gasteiger partial charge in [-0.1, -0.05) is 41.9 Å². The Morgan fingerprint density at radius 3 is 2.38 bits per heavy atom. The van der Waals surface area contributed by atoms with Crippen LogP contribution in [0.15, 0.2) is 54.6 Å². The summed E-state index contributed by atoms with van der Waals surface area (Å²) >= 11 is 6.10. The Kier molecular flexibility index (Phi) is 5.38. The van der Waals surface area contributed by atoms with Gasteiger partial charge in [0.05, 0.1) is 7.11 Å². The summed E-state index contributed by atoms with van der Waals surface area (Å²) in [5, 5.41) is 0.629. The third-order valence-corrected chi connectivity index (χ3v) is 4.62. The standard InChI is InChI=1S/C19H21ClN2O2/c1-24-19(23)18(15-6-5-7-16(20)14-15)22-12-10-21(11-13-22)17-8-3-2-4-9-17/h2-9,14,18H,10-13H2,1H3/t18-/m1/s1. The zero-order valence-corrected chi connectivity index (χ0v) is 14.4. The quantitative estimate of drug-likeness (QED) is 0.796. The van der Waals surface area contributed by atoms with Crippen LogP contribution in [0.3, 0.4) is 0 Å². The summed E-state index contributed by atoms with van der Waals surface area (Å²) in [5.41, 5.74) is 2.09. The lowest BCUT2D eigenvalue weighted by molar-refractivity contribution is -0.147. The van der Waals surface area contributed by atoms with E-state index in [0.717, 1.165) is 31.7 Å². The molecule has 0 amide bonds. The van der Waals surface area contributed by atoms with E-state index in [1.807, 2.05) is 42.5 Å². The molecule has 1 saturated heterocycles. The van der Waals surface area contributed by atoms with Gasteiger partial charge in [0.25, 0.3) is 0 Å². The molecule has 0 bridgehead atoms. The van der Waals surface area contributed by atoms with E-state index in [1.165, 1.54) is 12.8 Å². The van der Waals surface area contributed by atoms with E-state index in [2.05, 4.69) is 21.9 Å². The summed E-state index contributed by atoms with van der Waals surface area (Å²) in [6, 6.07) is 17.4. The number of nitrogens with zero attached hydrogens (tertiary/aromatic N) is 2. The van der Waals surface area contributed by atoms with Crippen molar-refractivity contribution in [3.05, 3.63) is 65.2 Å². The van der Waals surface area contributed by atoms with Crippen LogP contribution in [0, 0.1) is 0 Å². The highest BCUT2D eigenvalue weighted by Crippen LogP contribution is 2.27. The van der Waals surface area contributed by atoms with Crippen LogP contribution in [0.1, 0.15) is 11.6 Å². The zero-order chi connectivity index (χ0) is 16.9. The van der Waals surface area contributed by atoms with Crippen LogP contribution in [-0.2, 0) is 9.53 Å². The highest BCUT2D eigenvalue weighted by molar-refractivity contribution is 6.30. The van der Waals surface area contributed by atoms with Gasteiger partial charge in [-0.25, -0.2) is 4.79 Å². The number of anilines is 1. The van der Waals surface area contributed by atoms with Gasteiger partial charge in [-0.05, 0) is 29.8 Å². The average molecular weight is 345 g/mol. The molecular formula is C19H21ClN2O2. The lowest BCUT2D eigenvalue weighted by Crippen LogP contribution is -2.49. The molecule has 0 aromatic heterocycles. The lowest BCUT2D eigenvalue weighted by Gasteiger charge is -2.39. The number of hydrogen-bond acceptors (Lipinski definition) is 4. The highest BCUT2D eigenvalue weighted by atomic mass is 35.5. The molecule has 1 atom stereocenters. The van der Waals surface area contributed by atoms with Gasteiger partial charge >= 0.3 is 5.97 Å². The molecule has 1 fully saturated rings. The van der Waals surface area contributed by atoms with Crippen molar-refractivity contribution in [3.8, 4) is 0 Å². The Bertz CT molecular complexity index is 685. The zero-order valence-electron chi connectivity index (χ0n) is 13.7. The largest absolute Gasteiger partial charge is 0.468 e. The number of esters is 1. The monoisotopic (exact) mass is 344 g/mol. The summed E-state index contributed by atoms with van der Waals surface area (Å²) in [4.78, 5) is 16.9. The Balaban J connectivity index is 1.75. The molecule has 0 aliphatic carbocycles. The molecule has 1 aliphatic heterocycles. The predicted molar refractivity (Wildman–Crippen MR) is 96.4 cm³/mol. The number of carbonyl (C=O) groups excluding carboxylic acids is 1. The number of piperazine rings is 1. The first-order valence-corrected chi connectivity index (χ1v) is 8.44. The summed E-state index contributed by atoms with van der Waals surface area (Å²) in [6.07, 6.45) is 0. The van der Waals surface area contributed by atoms with Crippen molar-refractivity contribution in [2.24, 2.45) is 0 Å². The number of benzene rings is 2. The minimum Gasteiger partial charge on any atom is -0.468 e. The van der Waals surface area contributed by atoms with Crippen LogP contribution in [-0.4, -0.2) is 44.2 Å². The molecule has 126 valence electrons. The molecule has 0 spiro atoms. The Morgan fingerprint density at radius 1 is 1.04 bits per heavy atom. The van der Waals surface area contributed by atoms with E-state index in [4.69, 9.17) is 16.3 Å². The number of halogens is 1. The van der Waals surface area contributed by atoms with Crippen molar-refractivity contribution in [3.63, 3.8) is 0 Å². The van der Waals surface area contributed by atoms with Crippen molar-refractivity contribution in [1.82, 2.24) is 4.90 Å². The Morgan fingerprint density at radius 2 is 1.75 bits per heavy atom. The van der Waals surface area contributed by atoms with Crippen molar-refractivity contribution >= 4 is 23.3 Å². The van der Waals surface area contributed by atoms with Gasteiger partial charge in [0, 0.05) is 36.9 Å². The first kappa shape index (κ1) is 16.8. The second kappa shape index (κ2) is 7.69. The van der Waals surface area contributed by atoms with Gasteiger partial charge in [0.15, 0.2) is 0 Å². The Labute approximate surface area is 147 Å². The van der Waals surface area contributed by atoms with E-state index in [1.54, 1.807) is 0 Å². The first-order valence-electron chi connectivity index (χ1n) is 8.06. The van der Waals surface area contributed by atoms with E-state index < -0.39 is 6.04 Å². The second-order valence-electron chi connectivity index (χ2n) is 5.84. The third-order valence-electron chi connectivity index (χ3n) is 4.39. The molecule has 0 radical (unpaired) electrons. The molecule has 5 heteroatoms. The van der Waals surface area contributed by atoms with E-state index >= 15 is 0 Å². The smallest absolute Gasteiger partial charge is 0.327 e. The first-order chi connectivity index (χ1) is 11.7. The second-order valence-corrected chi connectivity index (χ2v) is 6.28. The number of para-hydroxylation sites is 1. The van der Waals surface area contributed by atoms with Crippen molar-refractivity contribution < 1.29 is 9.53 Å². The lowest BCUT2D eigenvalue weighted by atomic mass is 10.0. The maximum absolute atomic E-state index is 12.4. The van der Waals surface area contributed by atoms with Gasteiger partial charge in [-0.15, -0.1) is 0 Å². The summed E-state index contributed by atoms with van der Waals surface area (Å²) < 4.78 is 5.03. The minimum atomic E-state index is -0.411. The molecule has 0 saturated carbocycles.